The molecule has 3 N–H and O–H groups in total. The van der Waals surface area contributed by atoms with E-state index in [1.54, 1.807) is 0 Å². The van der Waals surface area contributed by atoms with E-state index in [0.29, 0.717) is 0 Å². The summed E-state index contributed by atoms with van der Waals surface area (Å²) in [5.74, 6) is -0.636. The molecule has 2 rings (SSSR count). The summed E-state index contributed by atoms with van der Waals surface area (Å²) < 4.78 is 6.03. The Morgan fingerprint density at radius 1 is 1.53 bits per heavy atom. The van der Waals surface area contributed by atoms with Gasteiger partial charge >= 0.3 is 5.95 Å². The van der Waals surface area contributed by atoms with Crippen LogP contribution in [0.1, 0.15) is 6.23 Å². The van der Waals surface area contributed by atoms with E-state index in [-0.39, 0.29) is 0 Å². The van der Waals surface area contributed by atoms with Crippen molar-refractivity contribution in [3.05, 3.63) is 16.4 Å². The summed E-state index contributed by atoms with van der Waals surface area (Å²) in [5, 5.41) is 41.8. The third-order valence-electron chi connectivity index (χ3n) is 2.44. The van der Waals surface area contributed by atoms with Crippen molar-refractivity contribution in [3.63, 3.8) is 0 Å². The van der Waals surface area contributed by atoms with Crippen LogP contribution in [0.4, 0.5) is 5.95 Å². The fraction of sp³-hybridized carbons (Fsp3) is 0.714. The van der Waals surface area contributed by atoms with E-state index in [1.807, 2.05) is 0 Å². The highest BCUT2D eigenvalue weighted by atomic mass is 16.6. The third kappa shape index (κ3) is 1.98. The molecule has 1 aliphatic rings. The second-order valence-electron chi connectivity index (χ2n) is 3.51. The Labute approximate surface area is 94.2 Å². The lowest BCUT2D eigenvalue weighted by atomic mass is 10.1. The van der Waals surface area contributed by atoms with Gasteiger partial charge in [-0.25, -0.2) is 0 Å². The summed E-state index contributed by atoms with van der Waals surface area (Å²) in [6, 6.07) is 0. The van der Waals surface area contributed by atoms with Crippen LogP contribution in [0, 0.1) is 10.1 Å². The van der Waals surface area contributed by atoms with Gasteiger partial charge in [-0.3, -0.25) is 0 Å². The zero-order chi connectivity index (χ0) is 12.6. The van der Waals surface area contributed by atoms with E-state index in [0.717, 1.165) is 11.0 Å². The molecule has 1 aliphatic heterocycles. The molecular formula is C7H10N4O6. The first-order valence-electron chi connectivity index (χ1n) is 4.72. The molecule has 10 nitrogen and oxygen atoms in total. The van der Waals surface area contributed by atoms with Gasteiger partial charge in [0.1, 0.15) is 18.3 Å². The zero-order valence-electron chi connectivity index (χ0n) is 8.45. The lowest BCUT2D eigenvalue weighted by Crippen LogP contribution is -2.33. The first kappa shape index (κ1) is 11.9. The molecule has 0 aromatic carbocycles. The summed E-state index contributed by atoms with van der Waals surface area (Å²) in [4.78, 5) is 13.0. The minimum absolute atomic E-state index is 0.481. The Morgan fingerprint density at radius 3 is 2.71 bits per heavy atom. The Morgan fingerprint density at radius 2 is 2.24 bits per heavy atom. The number of hydrogen-bond acceptors (Lipinski definition) is 8. The molecule has 1 saturated heterocycles. The number of aromatic nitrogens is 3. The highest BCUT2D eigenvalue weighted by molar-refractivity contribution is 4.99. The van der Waals surface area contributed by atoms with Crippen LogP contribution in [-0.2, 0) is 4.74 Å². The Bertz CT molecular complexity index is 422. The maximum absolute atomic E-state index is 10.4. The molecule has 0 spiro atoms. The predicted molar refractivity (Wildman–Crippen MR) is 49.7 cm³/mol. The molecule has 1 aromatic rings. The van der Waals surface area contributed by atoms with E-state index in [2.05, 4.69) is 10.1 Å². The van der Waals surface area contributed by atoms with Crippen molar-refractivity contribution in [1.82, 2.24) is 14.8 Å². The van der Waals surface area contributed by atoms with Gasteiger partial charge in [0.2, 0.25) is 6.33 Å². The summed E-state index contributed by atoms with van der Waals surface area (Å²) in [6.07, 6.45) is -3.68. The molecule has 0 saturated carbocycles. The average molecular weight is 246 g/mol. The molecule has 2 heterocycles. The lowest BCUT2D eigenvalue weighted by molar-refractivity contribution is -0.394. The maximum Gasteiger partial charge on any atom is 0.491 e. The van der Waals surface area contributed by atoms with Gasteiger partial charge in [0.15, 0.2) is 6.23 Å². The second kappa shape index (κ2) is 4.33. The molecule has 4 atom stereocenters. The van der Waals surface area contributed by atoms with Crippen molar-refractivity contribution >= 4 is 5.95 Å². The van der Waals surface area contributed by atoms with Gasteiger partial charge in [0.25, 0.3) is 0 Å². The van der Waals surface area contributed by atoms with E-state index in [9.17, 15) is 20.3 Å². The van der Waals surface area contributed by atoms with Crippen LogP contribution in [0.15, 0.2) is 6.33 Å². The minimum Gasteiger partial charge on any atom is -0.394 e. The molecule has 17 heavy (non-hydrogen) atoms. The van der Waals surface area contributed by atoms with E-state index >= 15 is 0 Å². The molecule has 1 aromatic heterocycles. The molecule has 0 aliphatic carbocycles. The number of rotatable bonds is 3. The SMILES string of the molecule is O=[N+]([O-])c1ncn([C@@H]2O[C@H](CO)C(O)C2O)n1. The van der Waals surface area contributed by atoms with Crippen molar-refractivity contribution in [3.8, 4) is 0 Å². The van der Waals surface area contributed by atoms with Crippen LogP contribution in [0.3, 0.4) is 0 Å². The molecule has 0 bridgehead atoms. The molecule has 0 amide bonds. The maximum atomic E-state index is 10.4. The van der Waals surface area contributed by atoms with Gasteiger partial charge in [-0.1, -0.05) is 4.98 Å². The Kier molecular flexibility index (Phi) is 3.02. The standard InChI is InChI=1S/C7H10N4O6/c12-1-3-4(13)5(14)6(17-3)10-2-8-7(9-10)11(15)16/h2-6,12-14H,1H2/t3-,4?,5?,6-/m1/s1. The monoisotopic (exact) mass is 246 g/mol. The van der Waals surface area contributed by atoms with Crippen LogP contribution in [-0.4, -0.2) is 59.9 Å². The van der Waals surface area contributed by atoms with E-state index in [4.69, 9.17) is 9.84 Å². The fourth-order valence-corrected chi connectivity index (χ4v) is 1.57. The van der Waals surface area contributed by atoms with Crippen LogP contribution in [0.25, 0.3) is 0 Å². The molecule has 10 heteroatoms. The largest absolute Gasteiger partial charge is 0.491 e. The van der Waals surface area contributed by atoms with E-state index in [1.165, 1.54) is 0 Å². The van der Waals surface area contributed by atoms with Crippen molar-refractivity contribution in [2.45, 2.75) is 24.5 Å². The van der Waals surface area contributed by atoms with Crippen molar-refractivity contribution in [1.29, 1.82) is 0 Å². The number of nitro groups is 1. The molecule has 94 valence electrons. The van der Waals surface area contributed by atoms with Crippen LogP contribution < -0.4 is 0 Å². The summed E-state index contributed by atoms with van der Waals surface area (Å²) in [7, 11) is 0. The second-order valence-corrected chi connectivity index (χ2v) is 3.51. The van der Waals surface area contributed by atoms with Gasteiger partial charge in [-0.15, -0.1) is 4.68 Å². The average Bonchev–Trinajstić information content (AvgIpc) is 2.87. The highest BCUT2D eigenvalue weighted by Gasteiger charge is 2.45. The van der Waals surface area contributed by atoms with Gasteiger partial charge < -0.3 is 30.2 Å². The normalized spacial score (nSPS) is 32.9. The molecular weight excluding hydrogens is 236 g/mol. The summed E-state index contributed by atoms with van der Waals surface area (Å²) >= 11 is 0. The molecule has 2 unspecified atom stereocenters. The fourth-order valence-electron chi connectivity index (χ4n) is 1.57. The zero-order valence-corrected chi connectivity index (χ0v) is 8.45. The van der Waals surface area contributed by atoms with Gasteiger partial charge in [-0.2, -0.15) is 0 Å². The molecule has 1 fully saturated rings. The number of aliphatic hydroxyl groups excluding tert-OH is 3. The summed E-state index contributed by atoms with van der Waals surface area (Å²) in [5.41, 5.74) is 0. The predicted octanol–water partition coefficient (Wildman–Crippen LogP) is -2.20. The minimum atomic E-state index is -1.34. The van der Waals surface area contributed by atoms with Crippen LogP contribution >= 0.6 is 0 Å². The van der Waals surface area contributed by atoms with Gasteiger partial charge in [0, 0.05) is 5.10 Å². The topological polar surface area (TPSA) is 144 Å². The van der Waals surface area contributed by atoms with Crippen molar-refractivity contribution in [2.24, 2.45) is 0 Å². The smallest absolute Gasteiger partial charge is 0.394 e. The Hall–Kier alpha value is -1.62. The van der Waals surface area contributed by atoms with E-state index < -0.39 is 42.0 Å². The lowest BCUT2D eigenvalue weighted by Gasteiger charge is -2.11. The van der Waals surface area contributed by atoms with Crippen molar-refractivity contribution < 1.29 is 25.0 Å². The first-order chi connectivity index (χ1) is 8.04. The third-order valence-corrected chi connectivity index (χ3v) is 2.44. The number of hydrogen-bond donors (Lipinski definition) is 3. The highest BCUT2D eigenvalue weighted by Crippen LogP contribution is 2.28. The van der Waals surface area contributed by atoms with Crippen LogP contribution in [0.5, 0.6) is 0 Å². The van der Waals surface area contributed by atoms with Gasteiger partial charge in [0.05, 0.1) is 6.61 Å². The van der Waals surface area contributed by atoms with Crippen molar-refractivity contribution in [2.75, 3.05) is 6.61 Å². The Balaban J connectivity index is 2.19. The number of aliphatic hydroxyl groups is 3. The summed E-state index contributed by atoms with van der Waals surface area (Å²) in [6.45, 7) is -0.481. The quantitative estimate of drug-likeness (QED) is 0.402. The van der Waals surface area contributed by atoms with Crippen LogP contribution in [0.2, 0.25) is 0 Å². The van der Waals surface area contributed by atoms with Gasteiger partial charge in [-0.05, 0) is 4.92 Å². The number of ether oxygens (including phenoxy) is 1. The first-order valence-corrected chi connectivity index (χ1v) is 4.72. The number of nitrogens with zero attached hydrogens (tertiary/aromatic N) is 4. The molecule has 0 radical (unpaired) electrons.